The summed E-state index contributed by atoms with van der Waals surface area (Å²) in [4.78, 5) is 16.4. The molecule has 1 saturated carbocycles. The van der Waals surface area contributed by atoms with Gasteiger partial charge in [0.2, 0.25) is 5.91 Å². The van der Waals surface area contributed by atoms with E-state index in [4.69, 9.17) is 0 Å². The zero-order valence-corrected chi connectivity index (χ0v) is 13.7. The Balaban J connectivity index is 2.02. The summed E-state index contributed by atoms with van der Waals surface area (Å²) in [5, 5.41) is 3.48. The van der Waals surface area contributed by atoms with Gasteiger partial charge in [-0.3, -0.25) is 4.79 Å². The minimum Gasteiger partial charge on any atom is -0.308 e. The van der Waals surface area contributed by atoms with E-state index >= 15 is 0 Å². The molecule has 1 aromatic carbocycles. The number of thioether (sulfide) groups is 1. The van der Waals surface area contributed by atoms with Gasteiger partial charge >= 0.3 is 0 Å². The largest absolute Gasteiger partial charge is 0.308 e. The van der Waals surface area contributed by atoms with Crippen LogP contribution in [0.2, 0.25) is 0 Å². The maximum Gasteiger partial charge on any atom is 0.245 e. The van der Waals surface area contributed by atoms with Crippen molar-refractivity contribution in [3.63, 3.8) is 0 Å². The molecule has 114 valence electrons. The van der Waals surface area contributed by atoms with E-state index in [2.05, 4.69) is 35.3 Å². The summed E-state index contributed by atoms with van der Waals surface area (Å²) in [6.07, 6.45) is 6.05. The highest BCUT2D eigenvalue weighted by Crippen LogP contribution is 2.40. The summed E-state index contributed by atoms with van der Waals surface area (Å²) >= 11 is 1.81. The number of rotatable bonds is 2. The highest BCUT2D eigenvalue weighted by Gasteiger charge is 2.37. The number of nitrogens with zero attached hydrogens (tertiary/aromatic N) is 1. The topological polar surface area (TPSA) is 32.3 Å². The fourth-order valence-electron chi connectivity index (χ4n) is 3.57. The SMILES string of the molecule is CNC1C(=O)N(C2CCCCC2)c2ccccc2SC1C. The molecule has 1 aliphatic heterocycles. The molecular formula is C17H24N2OS. The number of likely N-dealkylation sites (N-methyl/N-ethyl adjacent to an activating group) is 1. The van der Waals surface area contributed by atoms with Crippen molar-refractivity contribution in [2.24, 2.45) is 0 Å². The van der Waals surface area contributed by atoms with Crippen molar-refractivity contribution in [2.75, 3.05) is 11.9 Å². The third-order valence-corrected chi connectivity index (χ3v) is 5.90. The highest BCUT2D eigenvalue weighted by molar-refractivity contribution is 8.00. The molecule has 0 aromatic heterocycles. The smallest absolute Gasteiger partial charge is 0.245 e. The summed E-state index contributed by atoms with van der Waals surface area (Å²) < 4.78 is 0. The minimum atomic E-state index is -0.107. The number of carbonyl (C=O) groups excluding carboxylic acids is 1. The number of para-hydroxylation sites is 1. The molecule has 1 aliphatic carbocycles. The van der Waals surface area contributed by atoms with Crippen LogP contribution in [0.5, 0.6) is 0 Å². The van der Waals surface area contributed by atoms with E-state index in [1.54, 1.807) is 0 Å². The van der Waals surface area contributed by atoms with Crippen LogP contribution in [0, 0.1) is 0 Å². The summed E-state index contributed by atoms with van der Waals surface area (Å²) in [5.74, 6) is 0.245. The van der Waals surface area contributed by atoms with Crippen LogP contribution in [0.1, 0.15) is 39.0 Å². The Bertz CT molecular complexity index is 513. The first kappa shape index (κ1) is 14.9. The number of carbonyl (C=O) groups is 1. The number of anilines is 1. The van der Waals surface area contributed by atoms with Crippen LogP contribution in [-0.4, -0.2) is 30.3 Å². The number of nitrogens with one attached hydrogen (secondary N) is 1. The first-order chi connectivity index (χ1) is 10.2. The van der Waals surface area contributed by atoms with Gasteiger partial charge in [0.25, 0.3) is 0 Å². The average molecular weight is 304 g/mol. The van der Waals surface area contributed by atoms with Crippen LogP contribution >= 0.6 is 11.8 Å². The Morgan fingerprint density at radius 1 is 1.19 bits per heavy atom. The van der Waals surface area contributed by atoms with Crippen LogP contribution in [0.4, 0.5) is 5.69 Å². The summed E-state index contributed by atoms with van der Waals surface area (Å²) in [7, 11) is 1.90. The fraction of sp³-hybridized carbons (Fsp3) is 0.588. The van der Waals surface area contributed by atoms with E-state index in [0.29, 0.717) is 6.04 Å². The molecule has 1 fully saturated rings. The van der Waals surface area contributed by atoms with Crippen LogP contribution in [0.25, 0.3) is 0 Å². The molecule has 0 spiro atoms. The number of benzene rings is 1. The van der Waals surface area contributed by atoms with Crippen LogP contribution < -0.4 is 10.2 Å². The van der Waals surface area contributed by atoms with Crippen LogP contribution in [0.3, 0.4) is 0 Å². The molecule has 0 radical (unpaired) electrons. The lowest BCUT2D eigenvalue weighted by molar-refractivity contribution is -0.121. The van der Waals surface area contributed by atoms with E-state index in [1.807, 2.05) is 24.9 Å². The Morgan fingerprint density at radius 3 is 2.62 bits per heavy atom. The molecule has 3 rings (SSSR count). The zero-order valence-electron chi connectivity index (χ0n) is 12.8. The molecule has 2 unspecified atom stereocenters. The van der Waals surface area contributed by atoms with Crippen molar-refractivity contribution < 1.29 is 4.79 Å². The van der Waals surface area contributed by atoms with Gasteiger partial charge in [0.05, 0.1) is 11.7 Å². The van der Waals surface area contributed by atoms with Crippen molar-refractivity contribution in [3.8, 4) is 0 Å². The van der Waals surface area contributed by atoms with Gasteiger partial charge in [-0.1, -0.05) is 38.3 Å². The van der Waals surface area contributed by atoms with Crippen molar-refractivity contribution >= 4 is 23.4 Å². The van der Waals surface area contributed by atoms with Crippen molar-refractivity contribution in [1.82, 2.24) is 5.32 Å². The predicted octanol–water partition coefficient (Wildman–Crippen LogP) is 3.43. The van der Waals surface area contributed by atoms with E-state index in [-0.39, 0.29) is 17.2 Å². The lowest BCUT2D eigenvalue weighted by atomic mass is 9.93. The lowest BCUT2D eigenvalue weighted by Crippen LogP contribution is -2.52. The third kappa shape index (κ3) is 2.84. The molecule has 4 heteroatoms. The highest BCUT2D eigenvalue weighted by atomic mass is 32.2. The minimum absolute atomic E-state index is 0.107. The maximum atomic E-state index is 13.1. The summed E-state index contributed by atoms with van der Waals surface area (Å²) in [6, 6.07) is 8.64. The molecule has 1 aromatic rings. The quantitative estimate of drug-likeness (QED) is 0.908. The van der Waals surface area contributed by atoms with Crippen LogP contribution in [0.15, 0.2) is 29.2 Å². The van der Waals surface area contributed by atoms with Gasteiger partial charge in [0, 0.05) is 16.2 Å². The van der Waals surface area contributed by atoms with Gasteiger partial charge in [0.15, 0.2) is 0 Å². The Kier molecular flexibility index (Phi) is 4.55. The number of amides is 1. The first-order valence-electron chi connectivity index (χ1n) is 7.98. The van der Waals surface area contributed by atoms with Crippen molar-refractivity contribution in [1.29, 1.82) is 0 Å². The number of hydrogen-bond donors (Lipinski definition) is 1. The maximum absolute atomic E-state index is 13.1. The third-order valence-electron chi connectivity index (χ3n) is 4.66. The second-order valence-corrected chi connectivity index (χ2v) is 7.48. The molecule has 0 bridgehead atoms. The van der Waals surface area contributed by atoms with Gasteiger partial charge in [-0.15, -0.1) is 11.8 Å². The van der Waals surface area contributed by atoms with E-state index in [9.17, 15) is 4.79 Å². The Labute approximate surface area is 131 Å². The monoisotopic (exact) mass is 304 g/mol. The normalized spacial score (nSPS) is 27.3. The van der Waals surface area contributed by atoms with E-state index in [1.165, 1.54) is 24.2 Å². The number of hydrogen-bond acceptors (Lipinski definition) is 3. The second-order valence-electron chi connectivity index (χ2n) is 6.06. The lowest BCUT2D eigenvalue weighted by Gasteiger charge is -2.36. The zero-order chi connectivity index (χ0) is 14.8. The van der Waals surface area contributed by atoms with E-state index < -0.39 is 0 Å². The summed E-state index contributed by atoms with van der Waals surface area (Å²) in [6.45, 7) is 2.14. The van der Waals surface area contributed by atoms with Gasteiger partial charge < -0.3 is 10.2 Å². The standard InChI is InChI=1S/C17H24N2OS/c1-12-16(18-2)17(20)19(13-8-4-3-5-9-13)14-10-6-7-11-15(14)21-12/h6-7,10-13,16,18H,3-5,8-9H2,1-2H3. The first-order valence-corrected chi connectivity index (χ1v) is 8.86. The fourth-order valence-corrected chi connectivity index (χ4v) is 4.80. The van der Waals surface area contributed by atoms with Gasteiger partial charge in [-0.25, -0.2) is 0 Å². The van der Waals surface area contributed by atoms with Crippen LogP contribution in [-0.2, 0) is 4.79 Å². The second kappa shape index (κ2) is 6.41. The molecule has 21 heavy (non-hydrogen) atoms. The molecule has 1 amide bonds. The molecular weight excluding hydrogens is 280 g/mol. The summed E-state index contributed by atoms with van der Waals surface area (Å²) in [5.41, 5.74) is 1.11. The molecule has 3 nitrogen and oxygen atoms in total. The van der Waals surface area contributed by atoms with Crippen molar-refractivity contribution in [3.05, 3.63) is 24.3 Å². The van der Waals surface area contributed by atoms with E-state index in [0.717, 1.165) is 18.5 Å². The molecule has 1 N–H and O–H groups in total. The Hall–Kier alpha value is -1.00. The van der Waals surface area contributed by atoms with Gasteiger partial charge in [-0.05, 0) is 32.0 Å². The number of fused-ring (bicyclic) bond motifs is 1. The molecule has 2 aliphatic rings. The Morgan fingerprint density at radius 2 is 1.90 bits per heavy atom. The molecule has 1 heterocycles. The predicted molar refractivity (Wildman–Crippen MR) is 89.0 cm³/mol. The van der Waals surface area contributed by atoms with Gasteiger partial charge in [0.1, 0.15) is 0 Å². The average Bonchev–Trinajstić information content (AvgIpc) is 2.61. The molecule has 2 atom stereocenters. The molecule has 0 saturated heterocycles. The van der Waals surface area contributed by atoms with Gasteiger partial charge in [-0.2, -0.15) is 0 Å². The van der Waals surface area contributed by atoms with Crippen molar-refractivity contribution in [2.45, 2.75) is 61.3 Å².